The Bertz CT molecular complexity index is 1010. The zero-order chi connectivity index (χ0) is 19.0. The number of hydrogen-bond acceptors (Lipinski definition) is 3. The van der Waals surface area contributed by atoms with Crippen LogP contribution >= 0.6 is 0 Å². The summed E-state index contributed by atoms with van der Waals surface area (Å²) >= 11 is 0. The molecule has 1 saturated heterocycles. The molecule has 1 aliphatic heterocycles. The number of Topliss-reactive ketones (excluding diaryl/α,β-unsaturated/α-hetero) is 1. The number of ketones is 1. The van der Waals surface area contributed by atoms with Gasteiger partial charge in [-0.25, -0.2) is 4.90 Å². The van der Waals surface area contributed by atoms with Crippen molar-refractivity contribution in [2.75, 3.05) is 4.90 Å². The normalized spacial score (nSPS) is 28.6. The van der Waals surface area contributed by atoms with Gasteiger partial charge in [0.15, 0.2) is 0 Å². The van der Waals surface area contributed by atoms with Crippen LogP contribution in [0.1, 0.15) is 46.1 Å². The first kappa shape index (κ1) is 16.4. The van der Waals surface area contributed by atoms with Gasteiger partial charge in [-0.3, -0.25) is 14.4 Å². The fraction of sp³-hybridized carbons (Fsp3) is 0.348. The number of nitrogens with zero attached hydrogens (tertiary/aromatic N) is 1. The lowest BCUT2D eigenvalue weighted by Gasteiger charge is -2.43. The first-order valence-corrected chi connectivity index (χ1v) is 9.47. The van der Waals surface area contributed by atoms with Crippen molar-refractivity contribution in [2.24, 2.45) is 11.8 Å². The van der Waals surface area contributed by atoms with Crippen LogP contribution < -0.4 is 4.90 Å². The summed E-state index contributed by atoms with van der Waals surface area (Å²) in [6.45, 7) is 5.88. The van der Waals surface area contributed by atoms with Gasteiger partial charge in [-0.2, -0.15) is 0 Å². The van der Waals surface area contributed by atoms with Crippen molar-refractivity contribution in [1.29, 1.82) is 0 Å². The largest absolute Gasteiger partial charge is 0.299 e. The third-order valence-corrected chi connectivity index (χ3v) is 6.55. The number of amides is 2. The van der Waals surface area contributed by atoms with Crippen LogP contribution in [0.15, 0.2) is 36.4 Å². The average molecular weight is 359 g/mol. The van der Waals surface area contributed by atoms with E-state index in [2.05, 4.69) is 0 Å². The van der Waals surface area contributed by atoms with Gasteiger partial charge in [-0.15, -0.1) is 0 Å². The topological polar surface area (TPSA) is 54.5 Å². The van der Waals surface area contributed by atoms with E-state index in [0.29, 0.717) is 12.1 Å². The molecule has 2 aromatic carbocycles. The maximum absolute atomic E-state index is 13.4. The Morgan fingerprint density at radius 3 is 2.11 bits per heavy atom. The van der Waals surface area contributed by atoms with Crippen LogP contribution in [-0.4, -0.2) is 17.6 Å². The standard InChI is InChI=1S/C23H21NO3/c1-11-8-12(2)21(13(3)9-11)24-22(26)19-16-10-17(25)18(20(19)23(24)27)15-7-5-4-6-14(15)16/h4-9,16,18-20H,10H2,1-3H3/t16-,18-,19+,20-/m0/s1. The van der Waals surface area contributed by atoms with E-state index in [1.807, 2.05) is 57.2 Å². The van der Waals surface area contributed by atoms with Crippen molar-refractivity contribution in [3.8, 4) is 0 Å². The molecule has 136 valence electrons. The minimum absolute atomic E-state index is 0.0975. The molecule has 6 rings (SSSR count). The van der Waals surface area contributed by atoms with Crippen LogP contribution in [0.2, 0.25) is 0 Å². The van der Waals surface area contributed by atoms with Crippen LogP contribution in [0.3, 0.4) is 0 Å². The molecule has 4 aliphatic rings. The number of rotatable bonds is 1. The maximum atomic E-state index is 13.4. The molecule has 1 heterocycles. The Morgan fingerprint density at radius 2 is 1.44 bits per heavy atom. The van der Waals surface area contributed by atoms with Crippen LogP contribution in [-0.2, 0) is 14.4 Å². The van der Waals surface area contributed by atoms with E-state index in [4.69, 9.17) is 0 Å². The van der Waals surface area contributed by atoms with Gasteiger partial charge in [0, 0.05) is 12.3 Å². The molecule has 4 heteroatoms. The summed E-state index contributed by atoms with van der Waals surface area (Å²) in [5.41, 5.74) is 5.66. The number of aryl methyl sites for hydroxylation is 3. The summed E-state index contributed by atoms with van der Waals surface area (Å²) in [6.07, 6.45) is 0.363. The van der Waals surface area contributed by atoms with Gasteiger partial charge in [-0.05, 0) is 43.0 Å². The zero-order valence-electron chi connectivity index (χ0n) is 15.7. The monoisotopic (exact) mass is 359 g/mol. The Balaban J connectivity index is 1.68. The minimum atomic E-state index is -0.557. The highest BCUT2D eigenvalue weighted by atomic mass is 16.2. The molecule has 3 aliphatic carbocycles. The molecule has 0 unspecified atom stereocenters. The zero-order valence-corrected chi connectivity index (χ0v) is 15.7. The molecule has 27 heavy (non-hydrogen) atoms. The fourth-order valence-electron chi connectivity index (χ4n) is 5.70. The predicted molar refractivity (Wildman–Crippen MR) is 102 cm³/mol. The molecule has 1 saturated carbocycles. The number of benzene rings is 2. The molecule has 2 amide bonds. The van der Waals surface area contributed by atoms with E-state index in [1.165, 1.54) is 4.90 Å². The molecule has 0 N–H and O–H groups in total. The number of carbonyl (C=O) groups is 3. The second kappa shape index (κ2) is 5.38. The van der Waals surface area contributed by atoms with Crippen molar-refractivity contribution in [3.05, 3.63) is 64.2 Å². The van der Waals surface area contributed by atoms with Gasteiger partial charge in [0.1, 0.15) is 5.78 Å². The second-order valence-electron chi connectivity index (χ2n) is 8.19. The van der Waals surface area contributed by atoms with E-state index >= 15 is 0 Å². The summed E-state index contributed by atoms with van der Waals surface area (Å²) in [7, 11) is 0. The summed E-state index contributed by atoms with van der Waals surface area (Å²) in [5.74, 6) is -1.90. The third-order valence-electron chi connectivity index (χ3n) is 6.55. The second-order valence-corrected chi connectivity index (χ2v) is 8.19. The highest BCUT2D eigenvalue weighted by Crippen LogP contribution is 2.58. The van der Waals surface area contributed by atoms with Crippen molar-refractivity contribution in [1.82, 2.24) is 0 Å². The summed E-state index contributed by atoms with van der Waals surface area (Å²) in [5, 5.41) is 0. The van der Waals surface area contributed by atoms with Crippen molar-refractivity contribution < 1.29 is 14.4 Å². The molecule has 2 fully saturated rings. The third kappa shape index (κ3) is 2.01. The van der Waals surface area contributed by atoms with Crippen molar-refractivity contribution in [2.45, 2.75) is 39.0 Å². The Labute approximate surface area is 158 Å². The highest BCUT2D eigenvalue weighted by molar-refractivity contribution is 6.25. The predicted octanol–water partition coefficient (Wildman–Crippen LogP) is 3.57. The number of imide groups is 1. The lowest BCUT2D eigenvalue weighted by atomic mass is 9.56. The van der Waals surface area contributed by atoms with Gasteiger partial charge in [0.2, 0.25) is 11.8 Å². The number of anilines is 1. The fourth-order valence-corrected chi connectivity index (χ4v) is 5.70. The molecule has 4 nitrogen and oxygen atoms in total. The number of fused-ring (bicyclic) bond motifs is 1. The summed E-state index contributed by atoms with van der Waals surface area (Å²) in [4.78, 5) is 41.0. The molecular formula is C23H21NO3. The van der Waals surface area contributed by atoms with Crippen LogP contribution in [0, 0.1) is 32.6 Å². The lowest BCUT2D eigenvalue weighted by molar-refractivity contribution is -0.134. The van der Waals surface area contributed by atoms with Crippen molar-refractivity contribution >= 4 is 23.3 Å². The first-order valence-electron chi connectivity index (χ1n) is 9.47. The number of hydrogen-bond donors (Lipinski definition) is 0. The molecule has 2 bridgehead atoms. The van der Waals surface area contributed by atoms with E-state index < -0.39 is 17.8 Å². The van der Waals surface area contributed by atoms with E-state index in [0.717, 1.165) is 27.8 Å². The molecule has 4 atom stereocenters. The van der Waals surface area contributed by atoms with Gasteiger partial charge in [0.25, 0.3) is 0 Å². The summed E-state index contributed by atoms with van der Waals surface area (Å²) < 4.78 is 0. The van der Waals surface area contributed by atoms with E-state index in [9.17, 15) is 14.4 Å². The Kier molecular flexibility index (Phi) is 3.27. The first-order chi connectivity index (χ1) is 12.9. The minimum Gasteiger partial charge on any atom is -0.299 e. The lowest BCUT2D eigenvalue weighted by Crippen LogP contribution is -2.44. The Hall–Kier alpha value is -2.75. The molecule has 2 aromatic rings. The quantitative estimate of drug-likeness (QED) is 0.732. The summed E-state index contributed by atoms with van der Waals surface area (Å²) in [6, 6.07) is 11.8. The molecule has 0 aromatic heterocycles. The van der Waals surface area contributed by atoms with E-state index in [1.54, 1.807) is 0 Å². The smallest absolute Gasteiger partial charge is 0.238 e. The van der Waals surface area contributed by atoms with Crippen LogP contribution in [0.25, 0.3) is 0 Å². The van der Waals surface area contributed by atoms with Crippen LogP contribution in [0.4, 0.5) is 5.69 Å². The molecule has 0 spiro atoms. The maximum Gasteiger partial charge on any atom is 0.238 e. The van der Waals surface area contributed by atoms with Crippen molar-refractivity contribution in [3.63, 3.8) is 0 Å². The van der Waals surface area contributed by atoms with Gasteiger partial charge in [-0.1, -0.05) is 42.0 Å². The number of carbonyl (C=O) groups excluding carboxylic acids is 3. The highest BCUT2D eigenvalue weighted by Gasteiger charge is 2.62. The van der Waals surface area contributed by atoms with Gasteiger partial charge in [0.05, 0.1) is 23.4 Å². The van der Waals surface area contributed by atoms with Gasteiger partial charge < -0.3 is 0 Å². The van der Waals surface area contributed by atoms with E-state index in [-0.39, 0.29) is 23.5 Å². The average Bonchev–Trinajstić information content (AvgIpc) is 2.87. The van der Waals surface area contributed by atoms with Crippen LogP contribution in [0.5, 0.6) is 0 Å². The SMILES string of the molecule is Cc1cc(C)c(N2C(=O)[C@@H]3[C@H](C2=O)[C@H]2CC(=O)[C@@H]3c3ccccc32)c(C)c1. The van der Waals surface area contributed by atoms with Gasteiger partial charge >= 0.3 is 0 Å². The molecular weight excluding hydrogens is 338 g/mol. The molecule has 0 radical (unpaired) electrons. The Morgan fingerprint density at radius 1 is 0.852 bits per heavy atom.